The Morgan fingerprint density at radius 1 is 1.19 bits per heavy atom. The molecule has 2 bridgehead atoms. The molecule has 0 amide bonds. The quantitative estimate of drug-likeness (QED) is 0.651. The molecule has 0 spiro atoms. The first-order valence-corrected chi connectivity index (χ1v) is 12.4. The van der Waals surface area contributed by atoms with Gasteiger partial charge < -0.3 is 15.2 Å². The Balaban J connectivity index is 1.30. The maximum absolute atomic E-state index is 12.8. The van der Waals surface area contributed by atoms with Crippen molar-refractivity contribution in [2.75, 3.05) is 5.32 Å². The number of rotatable bonds is 6. The first kappa shape index (κ1) is 21.2. The number of aromatic hydroxyl groups is 1. The van der Waals surface area contributed by atoms with Gasteiger partial charge in [0.05, 0.1) is 27.6 Å². The minimum Gasteiger partial charge on any atom is -0.501 e. The fourth-order valence-corrected chi connectivity index (χ4v) is 7.16. The number of sulfonamides is 1. The molecule has 2 aliphatic heterocycles. The van der Waals surface area contributed by atoms with Crippen LogP contribution in [0.4, 0.5) is 11.5 Å². The molecule has 2 aromatic rings. The van der Waals surface area contributed by atoms with E-state index in [4.69, 9.17) is 21.6 Å². The number of aromatic nitrogens is 2. The highest BCUT2D eigenvalue weighted by Gasteiger charge is 2.52. The van der Waals surface area contributed by atoms with E-state index in [1.54, 1.807) is 16.4 Å². The minimum absolute atomic E-state index is 0.0372. The number of anilines is 2. The molecular weight excluding hydrogens is 454 g/mol. The number of ether oxygens (including phenoxy) is 1. The predicted molar refractivity (Wildman–Crippen MR) is 117 cm³/mol. The highest BCUT2D eigenvalue weighted by molar-refractivity contribution is 7.90. The van der Waals surface area contributed by atoms with Gasteiger partial charge in [0.1, 0.15) is 12.4 Å². The number of fused-ring (bicyclic) bond motifs is 2. The van der Waals surface area contributed by atoms with Crippen LogP contribution >= 0.6 is 11.6 Å². The van der Waals surface area contributed by atoms with Crippen LogP contribution in [0.3, 0.4) is 0 Å². The van der Waals surface area contributed by atoms with Gasteiger partial charge in [0.2, 0.25) is 15.8 Å². The van der Waals surface area contributed by atoms with Gasteiger partial charge in [0.25, 0.3) is 5.88 Å². The summed E-state index contributed by atoms with van der Waals surface area (Å²) in [6.45, 7) is 0. The maximum Gasteiger partial charge on any atom is 0.262 e. The number of piperidine rings is 1. The predicted octanol–water partition coefficient (Wildman–Crippen LogP) is 3.32. The summed E-state index contributed by atoms with van der Waals surface area (Å²) < 4.78 is 33.3. The average Bonchev–Trinajstić information content (AvgIpc) is 3.58. The van der Waals surface area contributed by atoms with Gasteiger partial charge in [-0.25, -0.2) is 13.4 Å². The van der Waals surface area contributed by atoms with Crippen LogP contribution in [0.5, 0.6) is 11.6 Å². The SMILES string of the molecule is N#Cc1ccc(Nc2ncnc(OC3CC4CC[C@@H](C3)N4S(=O)(=O)C3CC3)c2O)c(Cl)c1. The van der Waals surface area contributed by atoms with Gasteiger partial charge in [0.15, 0.2) is 5.82 Å². The zero-order valence-electron chi connectivity index (χ0n) is 17.1. The van der Waals surface area contributed by atoms with Gasteiger partial charge in [-0.1, -0.05) is 11.6 Å². The topological polar surface area (TPSA) is 128 Å². The molecule has 168 valence electrons. The van der Waals surface area contributed by atoms with Gasteiger partial charge >= 0.3 is 0 Å². The Labute approximate surface area is 191 Å². The van der Waals surface area contributed by atoms with Crippen molar-refractivity contribution < 1.29 is 18.3 Å². The number of nitrogens with one attached hydrogen (secondary N) is 1. The fourth-order valence-electron chi connectivity index (χ4n) is 4.65. The second-order valence-electron chi connectivity index (χ2n) is 8.48. The molecule has 5 rings (SSSR count). The molecule has 11 heteroatoms. The fraction of sp³-hybridized carbons (Fsp3) is 0.476. The highest BCUT2D eigenvalue weighted by Crippen LogP contribution is 2.44. The molecule has 1 aromatic heterocycles. The van der Waals surface area contributed by atoms with E-state index in [9.17, 15) is 13.5 Å². The van der Waals surface area contributed by atoms with Crippen molar-refractivity contribution in [3.8, 4) is 17.7 Å². The van der Waals surface area contributed by atoms with Crippen molar-refractivity contribution in [3.05, 3.63) is 35.1 Å². The average molecular weight is 476 g/mol. The molecule has 2 unspecified atom stereocenters. The van der Waals surface area contributed by atoms with E-state index in [0.29, 0.717) is 29.1 Å². The third-order valence-corrected chi connectivity index (χ3v) is 9.09. The molecule has 2 N–H and O–H groups in total. The minimum atomic E-state index is -3.22. The van der Waals surface area contributed by atoms with Gasteiger partial charge in [-0.3, -0.25) is 0 Å². The third kappa shape index (κ3) is 3.85. The number of hydrogen-bond acceptors (Lipinski definition) is 8. The smallest absolute Gasteiger partial charge is 0.262 e. The van der Waals surface area contributed by atoms with E-state index in [1.807, 2.05) is 6.07 Å². The van der Waals surface area contributed by atoms with Crippen molar-refractivity contribution in [1.29, 1.82) is 5.26 Å². The van der Waals surface area contributed by atoms with Crippen molar-refractivity contribution >= 4 is 33.1 Å². The largest absolute Gasteiger partial charge is 0.501 e. The summed E-state index contributed by atoms with van der Waals surface area (Å²) in [4.78, 5) is 8.13. The maximum atomic E-state index is 12.8. The number of halogens is 1. The van der Waals surface area contributed by atoms with Crippen molar-refractivity contribution in [3.63, 3.8) is 0 Å². The monoisotopic (exact) mass is 475 g/mol. The molecule has 3 fully saturated rings. The third-order valence-electron chi connectivity index (χ3n) is 6.28. The Morgan fingerprint density at radius 2 is 1.91 bits per heavy atom. The molecule has 3 aliphatic rings. The standard InChI is InChI=1S/C21H22ClN5O4S/c22-17-7-12(10-23)1-6-18(17)26-20-19(28)21(25-11-24-20)31-15-8-13-2-3-14(9-15)27(13)32(29,30)16-4-5-16/h1,6-7,11,13-16,28H,2-5,8-9H2,(H,24,25,26)/t13-,14?,15?/m0/s1. The van der Waals surface area contributed by atoms with Crippen LogP contribution in [0.25, 0.3) is 0 Å². The molecule has 1 aromatic carbocycles. The second kappa shape index (κ2) is 8.06. The molecule has 0 radical (unpaired) electrons. The molecule has 3 atom stereocenters. The van der Waals surface area contributed by atoms with Gasteiger partial charge in [0, 0.05) is 24.9 Å². The van der Waals surface area contributed by atoms with Crippen molar-refractivity contribution in [1.82, 2.24) is 14.3 Å². The zero-order chi connectivity index (χ0) is 22.5. The lowest BCUT2D eigenvalue weighted by Crippen LogP contribution is -2.50. The Morgan fingerprint density at radius 3 is 2.53 bits per heavy atom. The number of nitriles is 1. The summed E-state index contributed by atoms with van der Waals surface area (Å²) in [7, 11) is -3.22. The summed E-state index contributed by atoms with van der Waals surface area (Å²) in [5.74, 6) is -0.0956. The zero-order valence-corrected chi connectivity index (χ0v) is 18.7. The molecule has 2 saturated heterocycles. The number of benzene rings is 1. The van der Waals surface area contributed by atoms with E-state index in [1.165, 1.54) is 12.4 Å². The lowest BCUT2D eigenvalue weighted by molar-refractivity contribution is 0.0889. The molecular formula is C21H22ClN5O4S. The highest BCUT2D eigenvalue weighted by atomic mass is 35.5. The van der Waals surface area contributed by atoms with Crippen molar-refractivity contribution in [2.24, 2.45) is 0 Å². The first-order valence-electron chi connectivity index (χ1n) is 10.6. The first-order chi connectivity index (χ1) is 15.4. The lowest BCUT2D eigenvalue weighted by atomic mass is 10.0. The Kier molecular flexibility index (Phi) is 5.35. The molecule has 1 aliphatic carbocycles. The van der Waals surface area contributed by atoms with E-state index in [2.05, 4.69) is 15.3 Å². The van der Waals surface area contributed by atoms with Gasteiger partial charge in [-0.05, 0) is 43.9 Å². The van der Waals surface area contributed by atoms with E-state index in [-0.39, 0.29) is 40.9 Å². The van der Waals surface area contributed by atoms with Crippen LogP contribution in [0.1, 0.15) is 44.1 Å². The summed E-state index contributed by atoms with van der Waals surface area (Å²) in [5.41, 5.74) is 0.892. The second-order valence-corrected chi connectivity index (χ2v) is 11.0. The lowest BCUT2D eigenvalue weighted by Gasteiger charge is -2.37. The van der Waals surface area contributed by atoms with Crippen LogP contribution in [0.15, 0.2) is 24.5 Å². The Hall–Kier alpha value is -2.61. The van der Waals surface area contributed by atoms with E-state index in [0.717, 1.165) is 25.7 Å². The van der Waals surface area contributed by atoms with Crippen molar-refractivity contribution in [2.45, 2.75) is 62.0 Å². The molecule has 9 nitrogen and oxygen atoms in total. The van der Waals surface area contributed by atoms with Crippen LogP contribution in [0, 0.1) is 11.3 Å². The molecule has 1 saturated carbocycles. The summed E-state index contributed by atoms with van der Waals surface area (Å²) in [6.07, 6.45) is 5.33. The Bertz CT molecular complexity index is 1180. The summed E-state index contributed by atoms with van der Waals surface area (Å²) in [6, 6.07) is 6.61. The molecule has 3 heterocycles. The summed E-state index contributed by atoms with van der Waals surface area (Å²) >= 11 is 6.20. The summed E-state index contributed by atoms with van der Waals surface area (Å²) in [5, 5.41) is 22.7. The number of hydrogen-bond donors (Lipinski definition) is 2. The molecule has 32 heavy (non-hydrogen) atoms. The van der Waals surface area contributed by atoms with E-state index >= 15 is 0 Å². The van der Waals surface area contributed by atoms with E-state index < -0.39 is 10.0 Å². The van der Waals surface area contributed by atoms with Gasteiger partial charge in [-0.15, -0.1) is 0 Å². The van der Waals surface area contributed by atoms with Crippen LogP contribution in [0.2, 0.25) is 5.02 Å². The van der Waals surface area contributed by atoms with Crippen LogP contribution in [-0.4, -0.2) is 51.2 Å². The van der Waals surface area contributed by atoms with Gasteiger partial charge in [-0.2, -0.15) is 14.6 Å². The normalized spacial score (nSPS) is 25.3. The van der Waals surface area contributed by atoms with Crippen LogP contribution < -0.4 is 10.1 Å². The number of nitrogens with zero attached hydrogens (tertiary/aromatic N) is 4. The van der Waals surface area contributed by atoms with Crippen LogP contribution in [-0.2, 0) is 10.0 Å².